The third kappa shape index (κ3) is 7.32. The van der Waals surface area contributed by atoms with Gasteiger partial charge in [-0.15, -0.1) is 0 Å². The van der Waals surface area contributed by atoms with Gasteiger partial charge in [0.15, 0.2) is 0 Å². The minimum absolute atomic E-state index is 0.00945. The highest BCUT2D eigenvalue weighted by molar-refractivity contribution is 6.22. The largest absolute Gasteiger partial charge is 0.416 e. The highest BCUT2D eigenvalue weighted by Gasteiger charge is 2.38. The first-order valence-electron chi connectivity index (χ1n) is 14.8. The fraction of sp³-hybridized carbons (Fsp3) is 0.200. The Morgan fingerprint density at radius 2 is 0.938 bits per heavy atom. The molecule has 0 saturated heterocycles. The van der Waals surface area contributed by atoms with E-state index in [2.05, 4.69) is 0 Å². The van der Waals surface area contributed by atoms with Gasteiger partial charge in [-0.05, 0) is 66.4 Å². The molecule has 0 saturated carbocycles. The van der Waals surface area contributed by atoms with Crippen LogP contribution >= 0.6 is 0 Å². The van der Waals surface area contributed by atoms with E-state index in [1.807, 2.05) is 0 Å². The molecule has 0 bridgehead atoms. The number of alkyl halides is 3. The molecule has 4 N–H and O–H groups in total. The second-order valence-corrected chi connectivity index (χ2v) is 11.4. The average molecular weight is 665 g/mol. The standard InChI is InChI=1S/C18H15F3N2O2.C17H14F2N2O2/c19-18(20,21)15-8-4-1-5-11(15)9-12(22)10-23-16(24)13-6-2-3-7-14(13)17(23)25;18-11-5-10(6-12(19)8-11)7-13(20)9-21-16(22)14-3-1-2-4-15(14)17(21)23/h1-8,12H,9-10,22H2;1-6,8,13H,7,9,20H2/t12-;13-/m00/s1. The lowest BCUT2D eigenvalue weighted by Crippen LogP contribution is -2.42. The summed E-state index contributed by atoms with van der Waals surface area (Å²) < 4.78 is 65.5. The number of carbonyl (C=O) groups is 4. The summed E-state index contributed by atoms with van der Waals surface area (Å²) in [4.78, 5) is 51.1. The lowest BCUT2D eigenvalue weighted by atomic mass is 10.00. The van der Waals surface area contributed by atoms with E-state index in [0.29, 0.717) is 16.7 Å². The number of carbonyl (C=O) groups excluding carboxylic acids is 4. The van der Waals surface area contributed by atoms with Gasteiger partial charge in [0, 0.05) is 31.2 Å². The summed E-state index contributed by atoms with van der Waals surface area (Å²) in [6.45, 7) is -0.150. The van der Waals surface area contributed by atoms with Gasteiger partial charge in [-0.3, -0.25) is 29.0 Å². The Hall–Kier alpha value is -5.27. The van der Waals surface area contributed by atoms with Crippen molar-refractivity contribution in [1.82, 2.24) is 9.80 Å². The number of hydrogen-bond donors (Lipinski definition) is 2. The van der Waals surface area contributed by atoms with Crippen LogP contribution in [0.25, 0.3) is 0 Å². The molecule has 0 aromatic heterocycles. The number of benzene rings is 4. The molecule has 0 aliphatic carbocycles. The molecular weight excluding hydrogens is 635 g/mol. The number of halogens is 5. The topological polar surface area (TPSA) is 127 Å². The molecule has 4 amide bonds. The van der Waals surface area contributed by atoms with Crippen molar-refractivity contribution in [3.8, 4) is 0 Å². The maximum Gasteiger partial charge on any atom is 0.416 e. The van der Waals surface area contributed by atoms with E-state index in [1.54, 1.807) is 48.5 Å². The maximum atomic E-state index is 13.2. The van der Waals surface area contributed by atoms with Crippen LogP contribution in [0.1, 0.15) is 58.1 Å². The van der Waals surface area contributed by atoms with Crippen molar-refractivity contribution >= 4 is 23.6 Å². The lowest BCUT2D eigenvalue weighted by molar-refractivity contribution is -0.138. The first kappa shape index (κ1) is 34.1. The van der Waals surface area contributed by atoms with E-state index >= 15 is 0 Å². The SMILES string of the molecule is N[C@@H](Cc1cc(F)cc(F)c1)CN1C(=O)c2ccccc2C1=O.N[C@@H](Cc1ccccc1C(F)(F)F)CN1C(=O)c2ccccc2C1=O. The van der Waals surface area contributed by atoms with Crippen LogP contribution in [0.4, 0.5) is 22.0 Å². The predicted molar refractivity (Wildman–Crippen MR) is 165 cm³/mol. The molecule has 2 aliphatic heterocycles. The van der Waals surface area contributed by atoms with E-state index in [9.17, 15) is 41.1 Å². The molecule has 2 heterocycles. The van der Waals surface area contributed by atoms with Gasteiger partial charge in [0.2, 0.25) is 0 Å². The second-order valence-electron chi connectivity index (χ2n) is 11.4. The van der Waals surface area contributed by atoms with Crippen molar-refractivity contribution in [2.45, 2.75) is 31.1 Å². The van der Waals surface area contributed by atoms with Crippen molar-refractivity contribution in [2.24, 2.45) is 11.5 Å². The molecule has 4 aromatic carbocycles. The van der Waals surface area contributed by atoms with Gasteiger partial charge >= 0.3 is 6.18 Å². The van der Waals surface area contributed by atoms with Gasteiger partial charge in [0.05, 0.1) is 27.8 Å². The van der Waals surface area contributed by atoms with Crippen molar-refractivity contribution < 1.29 is 41.1 Å². The zero-order valence-electron chi connectivity index (χ0n) is 25.2. The molecule has 0 radical (unpaired) electrons. The summed E-state index contributed by atoms with van der Waals surface area (Å²) in [6, 6.07) is 19.8. The molecule has 0 fully saturated rings. The smallest absolute Gasteiger partial charge is 0.326 e. The molecule has 13 heteroatoms. The molecule has 0 unspecified atom stereocenters. The molecule has 248 valence electrons. The molecule has 2 atom stereocenters. The number of rotatable bonds is 8. The summed E-state index contributed by atoms with van der Waals surface area (Å²) in [5, 5.41) is 0. The van der Waals surface area contributed by atoms with E-state index in [1.165, 1.54) is 30.3 Å². The predicted octanol–water partition coefficient (Wildman–Crippen LogP) is 5.00. The normalized spacial score (nSPS) is 15.2. The van der Waals surface area contributed by atoms with Crippen LogP contribution in [0.3, 0.4) is 0 Å². The van der Waals surface area contributed by atoms with Crippen LogP contribution in [-0.4, -0.2) is 58.6 Å². The maximum absolute atomic E-state index is 13.2. The number of hydrogen-bond acceptors (Lipinski definition) is 6. The van der Waals surface area contributed by atoms with Crippen molar-refractivity contribution in [3.63, 3.8) is 0 Å². The molecule has 6 rings (SSSR count). The Labute approximate surface area is 271 Å². The molecular formula is C35H29F5N4O4. The van der Waals surface area contributed by atoms with Crippen LogP contribution in [-0.2, 0) is 19.0 Å². The molecule has 48 heavy (non-hydrogen) atoms. The first-order valence-corrected chi connectivity index (χ1v) is 14.8. The molecule has 0 spiro atoms. The Morgan fingerprint density at radius 1 is 0.562 bits per heavy atom. The molecule has 8 nitrogen and oxygen atoms in total. The Balaban J connectivity index is 0.000000188. The van der Waals surface area contributed by atoms with Crippen LogP contribution in [0.2, 0.25) is 0 Å². The Bertz CT molecular complexity index is 1810. The van der Waals surface area contributed by atoms with Gasteiger partial charge in [-0.25, -0.2) is 8.78 Å². The molecule has 2 aliphatic rings. The van der Waals surface area contributed by atoms with Gasteiger partial charge in [0.1, 0.15) is 11.6 Å². The number of amides is 4. The quantitative estimate of drug-likeness (QED) is 0.202. The minimum Gasteiger partial charge on any atom is -0.326 e. The number of imide groups is 2. The Kier molecular flexibility index (Phi) is 9.82. The third-order valence-corrected chi connectivity index (χ3v) is 7.82. The van der Waals surface area contributed by atoms with Crippen LogP contribution < -0.4 is 11.5 Å². The van der Waals surface area contributed by atoms with Crippen LogP contribution in [0.5, 0.6) is 0 Å². The summed E-state index contributed by atoms with van der Waals surface area (Å²) in [6.07, 6.45) is -4.42. The van der Waals surface area contributed by atoms with Gasteiger partial charge in [-0.1, -0.05) is 42.5 Å². The monoisotopic (exact) mass is 664 g/mol. The third-order valence-electron chi connectivity index (χ3n) is 7.82. The van der Waals surface area contributed by atoms with Crippen LogP contribution in [0.15, 0.2) is 91.0 Å². The zero-order chi connectivity index (χ0) is 34.7. The summed E-state index contributed by atoms with van der Waals surface area (Å²) >= 11 is 0. The number of nitrogens with two attached hydrogens (primary N) is 2. The van der Waals surface area contributed by atoms with E-state index in [-0.39, 0.29) is 42.6 Å². The van der Waals surface area contributed by atoms with Crippen molar-refractivity contribution in [2.75, 3.05) is 13.1 Å². The van der Waals surface area contributed by atoms with Crippen LogP contribution in [0, 0.1) is 11.6 Å². The number of fused-ring (bicyclic) bond motifs is 2. The second kappa shape index (κ2) is 13.8. The minimum atomic E-state index is -4.48. The van der Waals surface area contributed by atoms with E-state index < -0.39 is 59.1 Å². The fourth-order valence-electron chi connectivity index (χ4n) is 5.70. The first-order chi connectivity index (χ1) is 22.7. The van der Waals surface area contributed by atoms with Crippen molar-refractivity contribution in [1.29, 1.82) is 0 Å². The molecule has 4 aromatic rings. The van der Waals surface area contributed by atoms with E-state index in [0.717, 1.165) is 21.9 Å². The van der Waals surface area contributed by atoms with Gasteiger partial charge in [-0.2, -0.15) is 13.2 Å². The summed E-state index contributed by atoms with van der Waals surface area (Å²) in [5.74, 6) is -3.11. The van der Waals surface area contributed by atoms with Gasteiger partial charge < -0.3 is 11.5 Å². The zero-order valence-corrected chi connectivity index (χ0v) is 25.2. The van der Waals surface area contributed by atoms with Gasteiger partial charge in [0.25, 0.3) is 23.6 Å². The summed E-state index contributed by atoms with van der Waals surface area (Å²) in [7, 11) is 0. The highest BCUT2D eigenvalue weighted by atomic mass is 19.4. The summed E-state index contributed by atoms with van der Waals surface area (Å²) in [5.41, 5.74) is 12.8. The Morgan fingerprint density at radius 3 is 1.35 bits per heavy atom. The lowest BCUT2D eigenvalue weighted by Gasteiger charge is -2.21. The fourth-order valence-corrected chi connectivity index (χ4v) is 5.70. The number of nitrogens with zero attached hydrogens (tertiary/aromatic N) is 2. The average Bonchev–Trinajstić information content (AvgIpc) is 3.41. The highest BCUT2D eigenvalue weighted by Crippen LogP contribution is 2.32. The van der Waals surface area contributed by atoms with E-state index in [4.69, 9.17) is 11.5 Å². The van der Waals surface area contributed by atoms with Crippen molar-refractivity contribution in [3.05, 3.63) is 142 Å².